The van der Waals surface area contributed by atoms with Crippen LogP contribution in [0.15, 0.2) is 0 Å². The van der Waals surface area contributed by atoms with Gasteiger partial charge in [0.25, 0.3) is 0 Å². The van der Waals surface area contributed by atoms with E-state index in [0.29, 0.717) is 12.1 Å². The zero-order valence-corrected chi connectivity index (χ0v) is 13.8. The highest BCUT2D eigenvalue weighted by molar-refractivity contribution is 5.65. The molecule has 2 aliphatic heterocycles. The summed E-state index contributed by atoms with van der Waals surface area (Å²) in [7, 11) is 2.29. The molecular weight excluding hydrogens is 262 g/mol. The molecule has 0 aromatic carbocycles. The van der Waals surface area contributed by atoms with Gasteiger partial charge in [-0.2, -0.15) is 5.10 Å². The largest absolute Gasteiger partial charge is 0.394 e. The fourth-order valence-electron chi connectivity index (χ4n) is 4.00. The van der Waals surface area contributed by atoms with Gasteiger partial charge in [0.1, 0.15) is 5.82 Å². The Kier molecular flexibility index (Phi) is 3.86. The Balaban J connectivity index is 1.78. The summed E-state index contributed by atoms with van der Waals surface area (Å²) in [5, 5.41) is 8.30. The van der Waals surface area contributed by atoms with E-state index < -0.39 is 0 Å². The highest BCUT2D eigenvalue weighted by Gasteiger charge is 2.36. The molecule has 5 heteroatoms. The molecule has 0 saturated carbocycles. The molecular formula is C16H29N5. The third kappa shape index (κ3) is 2.63. The van der Waals surface area contributed by atoms with Crippen molar-refractivity contribution in [3.05, 3.63) is 5.69 Å². The predicted octanol–water partition coefficient (Wildman–Crippen LogP) is 2.78. The van der Waals surface area contributed by atoms with E-state index in [4.69, 9.17) is 5.73 Å². The van der Waals surface area contributed by atoms with Crippen molar-refractivity contribution in [2.75, 3.05) is 18.1 Å². The van der Waals surface area contributed by atoms with Crippen LogP contribution in [0, 0.1) is 6.92 Å². The summed E-state index contributed by atoms with van der Waals surface area (Å²) in [6, 6.07) is 2.31. The maximum Gasteiger partial charge on any atom is 0.148 e. The first-order chi connectivity index (χ1) is 9.97. The van der Waals surface area contributed by atoms with Crippen molar-refractivity contribution in [2.45, 2.75) is 77.0 Å². The summed E-state index contributed by atoms with van der Waals surface area (Å²) in [5.74, 6) is 1.02. The van der Waals surface area contributed by atoms with Crippen molar-refractivity contribution in [2.24, 2.45) is 0 Å². The molecule has 3 heterocycles. The lowest BCUT2D eigenvalue weighted by Gasteiger charge is -2.47. The Bertz CT molecular complexity index is 493. The summed E-state index contributed by atoms with van der Waals surface area (Å²) in [4.78, 5) is 2.59. The van der Waals surface area contributed by atoms with Gasteiger partial charge in [0.2, 0.25) is 0 Å². The molecule has 0 aliphatic carbocycles. The second-order valence-corrected chi connectivity index (χ2v) is 7.10. The molecule has 2 fully saturated rings. The Morgan fingerprint density at radius 1 is 1.24 bits per heavy atom. The zero-order valence-electron chi connectivity index (χ0n) is 13.8. The standard InChI is InChI=1S/C16H29N5/c1-10(2)21-16(15(17)11(3)19-21)18-12-8-13-6-5-7-14(9-12)20(13)4/h10,12-14,18H,5-9,17H2,1-4H3. The lowest BCUT2D eigenvalue weighted by Crippen LogP contribution is -2.53. The Morgan fingerprint density at radius 2 is 1.86 bits per heavy atom. The molecule has 118 valence electrons. The van der Waals surface area contributed by atoms with Crippen LogP contribution >= 0.6 is 0 Å². The van der Waals surface area contributed by atoms with Crippen molar-refractivity contribution in [1.29, 1.82) is 0 Å². The fraction of sp³-hybridized carbons (Fsp3) is 0.812. The van der Waals surface area contributed by atoms with E-state index >= 15 is 0 Å². The number of hydrogen-bond acceptors (Lipinski definition) is 4. The van der Waals surface area contributed by atoms with E-state index in [0.717, 1.165) is 29.3 Å². The molecule has 21 heavy (non-hydrogen) atoms. The minimum atomic E-state index is 0.328. The summed E-state index contributed by atoms with van der Waals surface area (Å²) >= 11 is 0. The van der Waals surface area contributed by atoms with Crippen molar-refractivity contribution in [1.82, 2.24) is 14.7 Å². The second-order valence-electron chi connectivity index (χ2n) is 7.10. The number of anilines is 2. The van der Waals surface area contributed by atoms with Crippen LogP contribution in [0.5, 0.6) is 0 Å². The highest BCUT2D eigenvalue weighted by atomic mass is 15.4. The summed E-state index contributed by atoms with van der Waals surface area (Å²) in [6.45, 7) is 6.30. The molecule has 3 N–H and O–H groups in total. The molecule has 2 bridgehead atoms. The fourth-order valence-corrected chi connectivity index (χ4v) is 4.00. The van der Waals surface area contributed by atoms with E-state index in [1.54, 1.807) is 0 Å². The molecule has 2 saturated heterocycles. The molecule has 2 unspecified atom stereocenters. The molecule has 5 nitrogen and oxygen atoms in total. The number of aryl methyl sites for hydroxylation is 1. The molecule has 0 amide bonds. The van der Waals surface area contributed by atoms with Crippen molar-refractivity contribution < 1.29 is 0 Å². The van der Waals surface area contributed by atoms with Crippen molar-refractivity contribution >= 4 is 11.5 Å². The quantitative estimate of drug-likeness (QED) is 0.899. The molecule has 0 spiro atoms. The van der Waals surface area contributed by atoms with Crippen LogP contribution in [-0.4, -0.2) is 39.9 Å². The SMILES string of the molecule is Cc1nn(C(C)C)c(NC2CC3CCCC(C2)N3C)c1N. The van der Waals surface area contributed by atoms with Crippen LogP contribution < -0.4 is 11.1 Å². The summed E-state index contributed by atoms with van der Waals surface area (Å²) < 4.78 is 2.04. The van der Waals surface area contributed by atoms with Gasteiger partial charge in [-0.05, 0) is 53.5 Å². The molecule has 3 rings (SSSR count). The number of aromatic nitrogens is 2. The minimum absolute atomic E-state index is 0.328. The minimum Gasteiger partial charge on any atom is -0.394 e. The normalized spacial score (nSPS) is 29.9. The number of nitrogens with one attached hydrogen (secondary N) is 1. The van der Waals surface area contributed by atoms with E-state index in [1.165, 1.54) is 32.1 Å². The monoisotopic (exact) mass is 291 g/mol. The number of nitrogen functional groups attached to an aromatic ring is 1. The maximum atomic E-state index is 6.25. The zero-order chi connectivity index (χ0) is 15.1. The van der Waals surface area contributed by atoms with Crippen LogP contribution in [0.25, 0.3) is 0 Å². The van der Waals surface area contributed by atoms with Crippen molar-refractivity contribution in [3.8, 4) is 0 Å². The average molecular weight is 291 g/mol. The van der Waals surface area contributed by atoms with Gasteiger partial charge in [0.15, 0.2) is 0 Å². The molecule has 1 aromatic heterocycles. The lowest BCUT2D eigenvalue weighted by atomic mass is 9.82. The summed E-state index contributed by atoms with van der Waals surface area (Å²) in [6.07, 6.45) is 6.49. The number of fused-ring (bicyclic) bond motifs is 2. The topological polar surface area (TPSA) is 59.1 Å². The Hall–Kier alpha value is -1.23. The van der Waals surface area contributed by atoms with Crippen LogP contribution in [0.4, 0.5) is 11.5 Å². The molecule has 1 aromatic rings. The summed E-state index contributed by atoms with van der Waals surface area (Å²) in [5.41, 5.74) is 7.99. The van der Waals surface area contributed by atoms with Crippen molar-refractivity contribution in [3.63, 3.8) is 0 Å². The Morgan fingerprint density at radius 3 is 2.43 bits per heavy atom. The second kappa shape index (κ2) is 5.52. The molecule has 2 atom stereocenters. The number of nitrogens with zero attached hydrogens (tertiary/aromatic N) is 3. The first-order valence-corrected chi connectivity index (χ1v) is 8.30. The number of piperidine rings is 2. The number of nitrogens with two attached hydrogens (primary N) is 1. The number of rotatable bonds is 3. The first kappa shape index (κ1) is 14.7. The van der Waals surface area contributed by atoms with Gasteiger partial charge < -0.3 is 16.0 Å². The van der Waals surface area contributed by atoms with Gasteiger partial charge in [-0.25, -0.2) is 4.68 Å². The van der Waals surface area contributed by atoms with Gasteiger partial charge in [-0.3, -0.25) is 0 Å². The Labute approximate surface area is 127 Å². The van der Waals surface area contributed by atoms with E-state index in [1.807, 2.05) is 11.6 Å². The van der Waals surface area contributed by atoms with Gasteiger partial charge in [-0.1, -0.05) is 6.42 Å². The van der Waals surface area contributed by atoms with E-state index in [9.17, 15) is 0 Å². The lowest BCUT2D eigenvalue weighted by molar-refractivity contribution is 0.0607. The maximum absolute atomic E-state index is 6.25. The van der Waals surface area contributed by atoms with Gasteiger partial charge in [-0.15, -0.1) is 0 Å². The number of hydrogen-bond donors (Lipinski definition) is 2. The predicted molar refractivity (Wildman–Crippen MR) is 87.6 cm³/mol. The third-order valence-electron chi connectivity index (χ3n) is 5.30. The van der Waals surface area contributed by atoms with Gasteiger partial charge in [0.05, 0.1) is 11.4 Å². The third-order valence-corrected chi connectivity index (χ3v) is 5.30. The van der Waals surface area contributed by atoms with Crippen LogP contribution in [0.3, 0.4) is 0 Å². The van der Waals surface area contributed by atoms with Gasteiger partial charge in [0, 0.05) is 24.2 Å². The molecule has 2 aliphatic rings. The highest BCUT2D eigenvalue weighted by Crippen LogP contribution is 2.35. The smallest absolute Gasteiger partial charge is 0.148 e. The first-order valence-electron chi connectivity index (χ1n) is 8.30. The van der Waals surface area contributed by atoms with Gasteiger partial charge >= 0.3 is 0 Å². The van der Waals surface area contributed by atoms with E-state index in [-0.39, 0.29) is 0 Å². The average Bonchev–Trinajstić information content (AvgIpc) is 2.68. The van der Waals surface area contributed by atoms with Crippen LogP contribution in [0.1, 0.15) is 57.7 Å². The van der Waals surface area contributed by atoms with E-state index in [2.05, 4.69) is 36.2 Å². The molecule has 0 radical (unpaired) electrons. The van der Waals surface area contributed by atoms with Crippen LogP contribution in [0.2, 0.25) is 0 Å². The van der Waals surface area contributed by atoms with Crippen LogP contribution in [-0.2, 0) is 0 Å².